The number of likely N-dealkylation sites (tertiary alicyclic amines) is 1. The molecule has 2 aromatic heterocycles. The first-order chi connectivity index (χ1) is 11.3. The highest BCUT2D eigenvalue weighted by Gasteiger charge is 2.30. The molecule has 2 aliphatic rings. The van der Waals surface area contributed by atoms with Crippen LogP contribution in [0.3, 0.4) is 0 Å². The van der Waals surface area contributed by atoms with Crippen LogP contribution < -0.4 is 0 Å². The zero-order valence-corrected chi connectivity index (χ0v) is 13.7. The second kappa shape index (κ2) is 6.31. The molecule has 7 heteroatoms. The Morgan fingerprint density at radius 3 is 2.61 bits per heavy atom. The molecule has 0 unspecified atom stereocenters. The summed E-state index contributed by atoms with van der Waals surface area (Å²) < 4.78 is 2.19. The van der Waals surface area contributed by atoms with Crippen molar-refractivity contribution < 1.29 is 4.79 Å². The molecule has 0 aromatic carbocycles. The number of hydrogen-bond acceptors (Lipinski definition) is 5. The minimum Gasteiger partial charge on any atom is -0.342 e. The summed E-state index contributed by atoms with van der Waals surface area (Å²) in [6.07, 6.45) is 8.10. The van der Waals surface area contributed by atoms with Gasteiger partial charge in [-0.25, -0.2) is 0 Å². The third-order valence-corrected chi connectivity index (χ3v) is 5.23. The van der Waals surface area contributed by atoms with Gasteiger partial charge in [0.2, 0.25) is 5.91 Å². The van der Waals surface area contributed by atoms with Crippen molar-refractivity contribution in [1.82, 2.24) is 24.6 Å². The first kappa shape index (κ1) is 14.7. The van der Waals surface area contributed by atoms with Gasteiger partial charge in [-0.05, 0) is 37.8 Å². The highest BCUT2D eigenvalue weighted by atomic mass is 32.2. The molecule has 0 bridgehead atoms. The molecule has 0 radical (unpaired) electrons. The summed E-state index contributed by atoms with van der Waals surface area (Å²) in [6, 6.07) is 4.37. The first-order valence-electron chi connectivity index (χ1n) is 8.09. The van der Waals surface area contributed by atoms with Crippen LogP contribution in [-0.2, 0) is 4.79 Å². The van der Waals surface area contributed by atoms with Crippen molar-refractivity contribution in [3.05, 3.63) is 24.5 Å². The molecule has 1 aliphatic carbocycles. The Balaban J connectivity index is 1.52. The van der Waals surface area contributed by atoms with Crippen LogP contribution in [0, 0.1) is 0 Å². The van der Waals surface area contributed by atoms with Gasteiger partial charge in [0, 0.05) is 37.1 Å². The third kappa shape index (κ3) is 3.10. The van der Waals surface area contributed by atoms with Crippen molar-refractivity contribution in [2.24, 2.45) is 0 Å². The standard InChI is InChI=1S/C16H19N5OS/c22-14(20-9-1-2-10-20)11-23-16-19-18-15(21(16)13-3-4-13)12-5-7-17-8-6-12/h5-8,13H,1-4,9-11H2. The molecule has 0 atom stereocenters. The Hall–Kier alpha value is -1.89. The monoisotopic (exact) mass is 329 g/mol. The number of amides is 1. The maximum absolute atomic E-state index is 12.2. The Morgan fingerprint density at radius 1 is 1.17 bits per heavy atom. The molecule has 0 N–H and O–H groups in total. The normalized spacial score (nSPS) is 17.7. The van der Waals surface area contributed by atoms with Gasteiger partial charge >= 0.3 is 0 Å². The van der Waals surface area contributed by atoms with Crippen molar-refractivity contribution >= 4 is 17.7 Å². The zero-order valence-electron chi connectivity index (χ0n) is 12.9. The van der Waals surface area contributed by atoms with Crippen LogP contribution >= 0.6 is 11.8 Å². The molecule has 1 saturated heterocycles. The minimum absolute atomic E-state index is 0.211. The summed E-state index contributed by atoms with van der Waals surface area (Å²) in [7, 11) is 0. The van der Waals surface area contributed by atoms with Crippen molar-refractivity contribution in [2.75, 3.05) is 18.8 Å². The number of hydrogen-bond donors (Lipinski definition) is 0. The quantitative estimate of drug-likeness (QED) is 0.788. The summed E-state index contributed by atoms with van der Waals surface area (Å²) in [5.74, 6) is 1.54. The van der Waals surface area contributed by atoms with Gasteiger partial charge in [0.05, 0.1) is 5.75 Å². The Bertz CT molecular complexity index is 692. The number of aromatic nitrogens is 4. The molecule has 4 rings (SSSR count). The zero-order chi connectivity index (χ0) is 15.6. The number of rotatable bonds is 5. The summed E-state index contributed by atoms with van der Waals surface area (Å²) >= 11 is 1.51. The summed E-state index contributed by atoms with van der Waals surface area (Å²) in [6.45, 7) is 1.80. The molecule has 6 nitrogen and oxygen atoms in total. The molecule has 1 saturated carbocycles. The fourth-order valence-electron chi connectivity index (χ4n) is 2.92. The Kier molecular flexibility index (Phi) is 4.03. The van der Waals surface area contributed by atoms with Gasteiger partial charge in [0.15, 0.2) is 11.0 Å². The van der Waals surface area contributed by atoms with E-state index in [0.717, 1.165) is 55.3 Å². The fraction of sp³-hybridized carbons (Fsp3) is 0.500. The number of nitrogens with zero attached hydrogens (tertiary/aromatic N) is 5. The maximum Gasteiger partial charge on any atom is 0.233 e. The van der Waals surface area contributed by atoms with E-state index in [1.54, 1.807) is 12.4 Å². The molecule has 1 aliphatic heterocycles. The molecule has 3 heterocycles. The van der Waals surface area contributed by atoms with Crippen molar-refractivity contribution in [3.63, 3.8) is 0 Å². The van der Waals surface area contributed by atoms with E-state index < -0.39 is 0 Å². The van der Waals surface area contributed by atoms with Gasteiger partial charge in [-0.2, -0.15) is 0 Å². The van der Waals surface area contributed by atoms with Gasteiger partial charge in [-0.1, -0.05) is 11.8 Å². The molecule has 2 aromatic rings. The fourth-order valence-corrected chi connectivity index (χ4v) is 3.83. The van der Waals surface area contributed by atoms with Crippen LogP contribution in [0.4, 0.5) is 0 Å². The van der Waals surface area contributed by atoms with Crippen LogP contribution in [0.5, 0.6) is 0 Å². The first-order valence-corrected chi connectivity index (χ1v) is 9.07. The smallest absolute Gasteiger partial charge is 0.233 e. The molecular weight excluding hydrogens is 310 g/mol. The lowest BCUT2D eigenvalue weighted by molar-refractivity contribution is -0.127. The van der Waals surface area contributed by atoms with E-state index in [2.05, 4.69) is 19.7 Å². The number of thioether (sulfide) groups is 1. The summed E-state index contributed by atoms with van der Waals surface area (Å²) in [5.41, 5.74) is 1.03. The summed E-state index contributed by atoms with van der Waals surface area (Å²) in [5, 5.41) is 9.55. The van der Waals surface area contributed by atoms with E-state index in [1.807, 2.05) is 17.0 Å². The molecule has 120 valence electrons. The molecule has 1 amide bonds. The maximum atomic E-state index is 12.2. The van der Waals surface area contributed by atoms with Crippen LogP contribution in [0.25, 0.3) is 11.4 Å². The molecular formula is C16H19N5OS. The van der Waals surface area contributed by atoms with Crippen molar-refractivity contribution in [1.29, 1.82) is 0 Å². The highest BCUT2D eigenvalue weighted by Crippen LogP contribution is 2.41. The number of carbonyl (C=O) groups excluding carboxylic acids is 1. The SMILES string of the molecule is O=C(CSc1nnc(-c2ccncc2)n1C1CC1)N1CCCC1. The molecule has 2 fully saturated rings. The topological polar surface area (TPSA) is 63.9 Å². The average molecular weight is 329 g/mol. The van der Waals surface area contributed by atoms with Gasteiger partial charge in [-0.3, -0.25) is 14.3 Å². The van der Waals surface area contributed by atoms with Gasteiger partial charge in [-0.15, -0.1) is 10.2 Å². The van der Waals surface area contributed by atoms with Crippen molar-refractivity contribution in [3.8, 4) is 11.4 Å². The second-order valence-corrected chi connectivity index (χ2v) is 6.96. The lowest BCUT2D eigenvalue weighted by Gasteiger charge is -2.14. The van der Waals surface area contributed by atoms with Gasteiger partial charge in [0.25, 0.3) is 0 Å². The summed E-state index contributed by atoms with van der Waals surface area (Å²) in [4.78, 5) is 18.2. The van der Waals surface area contributed by atoms with Crippen LogP contribution in [-0.4, -0.2) is 49.4 Å². The van der Waals surface area contributed by atoms with Gasteiger partial charge in [0.1, 0.15) is 0 Å². The van der Waals surface area contributed by atoms with Crippen LogP contribution in [0.15, 0.2) is 29.7 Å². The Labute approximate surface area is 139 Å². The van der Waals surface area contributed by atoms with Crippen LogP contribution in [0.1, 0.15) is 31.7 Å². The third-order valence-electron chi connectivity index (χ3n) is 4.30. The average Bonchev–Trinajstić information content (AvgIpc) is 3.12. The van der Waals surface area contributed by atoms with E-state index in [-0.39, 0.29) is 5.91 Å². The lowest BCUT2D eigenvalue weighted by atomic mass is 10.2. The van der Waals surface area contributed by atoms with Crippen molar-refractivity contribution in [2.45, 2.75) is 36.9 Å². The number of carbonyl (C=O) groups is 1. The van der Waals surface area contributed by atoms with E-state index in [4.69, 9.17) is 0 Å². The van der Waals surface area contributed by atoms with E-state index >= 15 is 0 Å². The highest BCUT2D eigenvalue weighted by molar-refractivity contribution is 7.99. The van der Waals surface area contributed by atoms with E-state index in [9.17, 15) is 4.79 Å². The van der Waals surface area contributed by atoms with E-state index in [1.165, 1.54) is 11.8 Å². The van der Waals surface area contributed by atoms with Crippen LogP contribution in [0.2, 0.25) is 0 Å². The second-order valence-electron chi connectivity index (χ2n) is 6.02. The Morgan fingerprint density at radius 2 is 1.91 bits per heavy atom. The number of pyridine rings is 1. The lowest BCUT2D eigenvalue weighted by Crippen LogP contribution is -2.29. The molecule has 0 spiro atoms. The predicted octanol–water partition coefficient (Wildman–Crippen LogP) is 2.39. The molecule has 23 heavy (non-hydrogen) atoms. The van der Waals surface area contributed by atoms with Gasteiger partial charge < -0.3 is 4.90 Å². The van der Waals surface area contributed by atoms with E-state index in [0.29, 0.717) is 11.8 Å². The predicted molar refractivity (Wildman–Crippen MR) is 88.1 cm³/mol. The minimum atomic E-state index is 0.211. The largest absolute Gasteiger partial charge is 0.342 e.